The molecule has 0 bridgehead atoms. The van der Waals surface area contributed by atoms with Crippen molar-refractivity contribution in [3.05, 3.63) is 58.7 Å². The molecule has 1 unspecified atom stereocenters. The first-order valence-electron chi connectivity index (χ1n) is 10.6. The summed E-state index contributed by atoms with van der Waals surface area (Å²) in [5.74, 6) is 0.497. The average molecular weight is 436 g/mol. The molecule has 168 valence electrons. The van der Waals surface area contributed by atoms with Crippen molar-refractivity contribution in [2.24, 2.45) is 0 Å². The van der Waals surface area contributed by atoms with Gasteiger partial charge in [-0.2, -0.15) is 13.2 Å². The lowest BCUT2D eigenvalue weighted by Gasteiger charge is -2.15. The van der Waals surface area contributed by atoms with E-state index in [2.05, 4.69) is 0 Å². The normalized spacial score (nSPS) is 15.5. The molecule has 4 nitrogen and oxygen atoms in total. The van der Waals surface area contributed by atoms with Crippen molar-refractivity contribution in [3.63, 3.8) is 0 Å². The number of aliphatic carboxylic acids is 1. The number of carboxylic acid groups (broad SMARTS) is 1. The molecule has 0 saturated carbocycles. The Morgan fingerprint density at radius 1 is 1.13 bits per heavy atom. The molecule has 7 heteroatoms. The molecule has 3 rings (SSSR count). The first kappa shape index (κ1) is 23.0. The molecule has 0 aliphatic heterocycles. The van der Waals surface area contributed by atoms with Gasteiger partial charge in [-0.25, -0.2) is 0 Å². The molecule has 0 radical (unpaired) electrons. The Morgan fingerprint density at radius 3 is 2.61 bits per heavy atom. The fraction of sp³-hybridized carbons (Fsp3) is 0.458. The monoisotopic (exact) mass is 436 g/mol. The molecule has 2 aromatic carbocycles. The van der Waals surface area contributed by atoms with Gasteiger partial charge in [0.15, 0.2) is 0 Å². The average Bonchev–Trinajstić information content (AvgIpc) is 3.09. The van der Waals surface area contributed by atoms with Crippen LogP contribution in [0.1, 0.15) is 60.8 Å². The third kappa shape index (κ3) is 6.15. The summed E-state index contributed by atoms with van der Waals surface area (Å²) in [6.07, 6.45) is -0.688. The zero-order chi connectivity index (χ0) is 22.4. The lowest BCUT2D eigenvalue weighted by molar-refractivity contribution is -0.138. The molecule has 1 aliphatic carbocycles. The maximum absolute atomic E-state index is 12.9. The topological polar surface area (TPSA) is 55.8 Å². The highest BCUT2D eigenvalue weighted by Gasteiger charge is 2.31. The van der Waals surface area contributed by atoms with E-state index in [4.69, 9.17) is 14.6 Å². The zero-order valence-electron chi connectivity index (χ0n) is 17.5. The van der Waals surface area contributed by atoms with Gasteiger partial charge in [0.1, 0.15) is 11.5 Å². The van der Waals surface area contributed by atoms with E-state index in [1.807, 2.05) is 25.1 Å². The van der Waals surface area contributed by atoms with Crippen LogP contribution in [0.5, 0.6) is 11.5 Å². The molecular weight excluding hydrogens is 409 g/mol. The minimum Gasteiger partial charge on any atom is -0.493 e. The Kier molecular flexibility index (Phi) is 7.46. The van der Waals surface area contributed by atoms with Crippen LogP contribution in [0.3, 0.4) is 0 Å². The van der Waals surface area contributed by atoms with Gasteiger partial charge in [-0.15, -0.1) is 0 Å². The number of ether oxygens (including phenoxy) is 2. The van der Waals surface area contributed by atoms with Gasteiger partial charge in [-0.05, 0) is 72.2 Å². The van der Waals surface area contributed by atoms with Crippen molar-refractivity contribution in [1.29, 1.82) is 0 Å². The fourth-order valence-corrected chi connectivity index (χ4v) is 3.99. The van der Waals surface area contributed by atoms with Gasteiger partial charge >= 0.3 is 12.1 Å². The second-order valence-corrected chi connectivity index (χ2v) is 7.81. The van der Waals surface area contributed by atoms with Gasteiger partial charge in [-0.3, -0.25) is 4.79 Å². The van der Waals surface area contributed by atoms with E-state index in [9.17, 15) is 18.0 Å². The quantitative estimate of drug-likeness (QED) is 0.464. The molecule has 0 heterocycles. The van der Waals surface area contributed by atoms with E-state index in [1.165, 1.54) is 6.07 Å². The minimum absolute atomic E-state index is 0.0657. The molecule has 1 N–H and O–H groups in total. The Bertz CT molecular complexity index is 908. The largest absolute Gasteiger partial charge is 0.493 e. The number of benzene rings is 2. The second kappa shape index (κ2) is 10.1. The molecule has 0 spiro atoms. The molecule has 1 aliphatic rings. The van der Waals surface area contributed by atoms with Gasteiger partial charge in [0.05, 0.1) is 25.2 Å². The van der Waals surface area contributed by atoms with Crippen molar-refractivity contribution in [3.8, 4) is 11.5 Å². The van der Waals surface area contributed by atoms with Crippen LogP contribution in [0.4, 0.5) is 13.2 Å². The van der Waals surface area contributed by atoms with Crippen LogP contribution in [-0.2, 0) is 23.8 Å². The summed E-state index contributed by atoms with van der Waals surface area (Å²) in [5.41, 5.74) is 2.12. The molecule has 0 saturated heterocycles. The first-order valence-corrected chi connectivity index (χ1v) is 10.6. The van der Waals surface area contributed by atoms with Crippen LogP contribution < -0.4 is 9.47 Å². The SMILES string of the molecule is CCCc1cc(C(F)(F)F)ccc1OCCCOc1ccc2c(c1)CCC2CC(=O)O. The van der Waals surface area contributed by atoms with Crippen LogP contribution in [-0.4, -0.2) is 24.3 Å². The standard InChI is InChI=1S/C24H27F3O4/c1-2-4-18-13-19(24(25,26)27)7-10-22(18)31-12-3-11-30-20-8-9-21-16(14-20)5-6-17(21)15-23(28)29/h7-10,13-14,17H,2-6,11-12,15H2,1H3,(H,28,29). The number of hydrogen-bond acceptors (Lipinski definition) is 3. The van der Waals surface area contributed by atoms with E-state index in [1.54, 1.807) is 0 Å². The molecule has 2 aromatic rings. The maximum Gasteiger partial charge on any atom is 0.416 e. The Morgan fingerprint density at radius 2 is 1.90 bits per heavy atom. The highest BCUT2D eigenvalue weighted by atomic mass is 19.4. The van der Waals surface area contributed by atoms with E-state index in [-0.39, 0.29) is 12.3 Å². The van der Waals surface area contributed by atoms with Crippen molar-refractivity contribution in [2.75, 3.05) is 13.2 Å². The van der Waals surface area contributed by atoms with Crippen LogP contribution in [0.25, 0.3) is 0 Å². The van der Waals surface area contributed by atoms with Gasteiger partial charge in [-0.1, -0.05) is 19.4 Å². The second-order valence-electron chi connectivity index (χ2n) is 7.81. The predicted molar refractivity (Wildman–Crippen MR) is 111 cm³/mol. The van der Waals surface area contributed by atoms with Gasteiger partial charge in [0.2, 0.25) is 0 Å². The van der Waals surface area contributed by atoms with E-state index in [0.29, 0.717) is 37.4 Å². The third-order valence-electron chi connectivity index (χ3n) is 5.46. The Balaban J connectivity index is 1.49. The van der Waals surface area contributed by atoms with E-state index in [0.717, 1.165) is 48.3 Å². The number of aryl methyl sites for hydroxylation is 2. The summed E-state index contributed by atoms with van der Waals surface area (Å²) in [6.45, 7) is 2.67. The highest BCUT2D eigenvalue weighted by Crippen LogP contribution is 2.37. The fourth-order valence-electron chi connectivity index (χ4n) is 3.99. The van der Waals surface area contributed by atoms with Crippen molar-refractivity contribution < 1.29 is 32.5 Å². The Labute approximate surface area is 180 Å². The molecule has 0 aromatic heterocycles. The summed E-state index contributed by atoms with van der Waals surface area (Å²) in [4.78, 5) is 11.0. The van der Waals surface area contributed by atoms with Crippen LogP contribution in [0, 0.1) is 0 Å². The van der Waals surface area contributed by atoms with Crippen molar-refractivity contribution in [2.45, 2.75) is 57.5 Å². The van der Waals surface area contributed by atoms with Crippen molar-refractivity contribution in [1.82, 2.24) is 0 Å². The molecule has 0 amide bonds. The number of halogens is 3. The molecular formula is C24H27F3O4. The lowest BCUT2D eigenvalue weighted by Crippen LogP contribution is -2.09. The number of alkyl halides is 3. The summed E-state index contributed by atoms with van der Waals surface area (Å²) < 4.78 is 50.3. The molecule has 31 heavy (non-hydrogen) atoms. The summed E-state index contributed by atoms with van der Waals surface area (Å²) in [7, 11) is 0. The summed E-state index contributed by atoms with van der Waals surface area (Å²) in [5, 5.41) is 9.01. The number of rotatable bonds is 10. The predicted octanol–water partition coefficient (Wildman–Crippen LogP) is 6.01. The van der Waals surface area contributed by atoms with Gasteiger partial charge in [0.25, 0.3) is 0 Å². The van der Waals surface area contributed by atoms with Crippen molar-refractivity contribution >= 4 is 5.97 Å². The van der Waals surface area contributed by atoms with Crippen LogP contribution >= 0.6 is 0 Å². The van der Waals surface area contributed by atoms with Gasteiger partial charge < -0.3 is 14.6 Å². The third-order valence-corrected chi connectivity index (χ3v) is 5.46. The summed E-state index contributed by atoms with van der Waals surface area (Å²) in [6, 6.07) is 9.37. The number of carboxylic acids is 1. The Hall–Kier alpha value is -2.70. The maximum atomic E-state index is 12.9. The first-order chi connectivity index (χ1) is 14.8. The highest BCUT2D eigenvalue weighted by molar-refractivity contribution is 5.68. The number of carbonyl (C=O) groups is 1. The van der Waals surface area contributed by atoms with Crippen LogP contribution in [0.15, 0.2) is 36.4 Å². The minimum atomic E-state index is -4.36. The zero-order valence-corrected chi connectivity index (χ0v) is 17.5. The van der Waals surface area contributed by atoms with Crippen LogP contribution in [0.2, 0.25) is 0 Å². The molecule has 0 fully saturated rings. The lowest BCUT2D eigenvalue weighted by atomic mass is 9.98. The van der Waals surface area contributed by atoms with E-state index >= 15 is 0 Å². The van der Waals surface area contributed by atoms with E-state index < -0.39 is 17.7 Å². The van der Waals surface area contributed by atoms with Gasteiger partial charge in [0, 0.05) is 6.42 Å². The summed E-state index contributed by atoms with van der Waals surface area (Å²) >= 11 is 0. The smallest absolute Gasteiger partial charge is 0.416 e. The molecule has 1 atom stereocenters. The number of fused-ring (bicyclic) bond motifs is 1. The number of hydrogen-bond donors (Lipinski definition) is 1.